The minimum atomic E-state index is -0.873. The number of hydrogen-bond donors (Lipinski definition) is 2. The second kappa shape index (κ2) is 7.50. The van der Waals surface area contributed by atoms with Crippen LogP contribution >= 0.6 is 23.2 Å². The second-order valence-electron chi connectivity index (χ2n) is 4.57. The van der Waals surface area contributed by atoms with Gasteiger partial charge < -0.3 is 14.8 Å². The smallest absolute Gasteiger partial charge is 0.220 e. The van der Waals surface area contributed by atoms with Crippen molar-refractivity contribution in [1.82, 2.24) is 5.32 Å². The van der Waals surface area contributed by atoms with Crippen LogP contribution in [0.2, 0.25) is 10.0 Å². The van der Waals surface area contributed by atoms with Crippen molar-refractivity contribution in [2.24, 2.45) is 0 Å². The van der Waals surface area contributed by atoms with Crippen molar-refractivity contribution < 1.29 is 14.3 Å². The number of amides is 1. The highest BCUT2D eigenvalue weighted by molar-refractivity contribution is 6.35. The Bertz CT molecular complexity index is 599. The molecule has 0 aliphatic carbocycles. The van der Waals surface area contributed by atoms with E-state index in [0.29, 0.717) is 28.5 Å². The van der Waals surface area contributed by atoms with Gasteiger partial charge in [0, 0.05) is 35.0 Å². The molecule has 112 valence electrons. The van der Waals surface area contributed by atoms with Crippen LogP contribution in [0.4, 0.5) is 0 Å². The summed E-state index contributed by atoms with van der Waals surface area (Å²) in [5, 5.41) is 13.6. The highest BCUT2D eigenvalue weighted by Crippen LogP contribution is 2.25. The lowest BCUT2D eigenvalue weighted by Gasteiger charge is -2.14. The molecule has 0 aliphatic heterocycles. The predicted molar refractivity (Wildman–Crippen MR) is 81.5 cm³/mol. The molecular weight excluding hydrogens is 313 g/mol. The first-order valence-electron chi connectivity index (χ1n) is 6.48. The van der Waals surface area contributed by atoms with Crippen molar-refractivity contribution in [3.63, 3.8) is 0 Å². The van der Waals surface area contributed by atoms with E-state index in [4.69, 9.17) is 27.6 Å². The molecule has 1 heterocycles. The van der Waals surface area contributed by atoms with Gasteiger partial charge in [-0.2, -0.15) is 0 Å². The Kier molecular flexibility index (Phi) is 5.67. The van der Waals surface area contributed by atoms with Crippen LogP contribution < -0.4 is 5.32 Å². The van der Waals surface area contributed by atoms with Crippen LogP contribution in [0.5, 0.6) is 0 Å². The lowest BCUT2D eigenvalue weighted by molar-refractivity contribution is -0.121. The Morgan fingerprint density at radius 2 is 2.14 bits per heavy atom. The number of carbonyl (C=O) groups is 1. The maximum Gasteiger partial charge on any atom is 0.220 e. The Balaban J connectivity index is 1.80. The summed E-state index contributed by atoms with van der Waals surface area (Å²) in [6.45, 7) is 0.0956. The van der Waals surface area contributed by atoms with Gasteiger partial charge in [-0.15, -0.1) is 0 Å². The first kappa shape index (κ1) is 15.9. The Morgan fingerprint density at radius 1 is 1.33 bits per heavy atom. The number of rotatable bonds is 6. The summed E-state index contributed by atoms with van der Waals surface area (Å²) in [6, 6.07) is 8.44. The number of furan rings is 1. The quantitative estimate of drug-likeness (QED) is 0.855. The molecule has 1 aromatic heterocycles. The highest BCUT2D eigenvalue weighted by Gasteiger charge is 2.13. The molecular formula is C15H15Cl2NO3. The standard InChI is InChI=1S/C15H15Cl2NO3/c16-10-3-5-12(13(17)8-10)14(19)9-18-15(20)6-4-11-2-1-7-21-11/h1-3,5,7-8,14,19H,4,6,9H2,(H,18,20). The minimum Gasteiger partial charge on any atom is -0.469 e. The fourth-order valence-electron chi connectivity index (χ4n) is 1.87. The zero-order valence-corrected chi connectivity index (χ0v) is 12.7. The van der Waals surface area contributed by atoms with Gasteiger partial charge in [-0.05, 0) is 24.3 Å². The topological polar surface area (TPSA) is 62.5 Å². The Hall–Kier alpha value is -1.49. The van der Waals surface area contributed by atoms with Gasteiger partial charge >= 0.3 is 0 Å². The number of aliphatic hydroxyl groups excluding tert-OH is 1. The third kappa shape index (κ3) is 4.77. The van der Waals surface area contributed by atoms with Crippen molar-refractivity contribution in [3.8, 4) is 0 Å². The van der Waals surface area contributed by atoms with E-state index in [1.165, 1.54) is 0 Å². The number of hydrogen-bond acceptors (Lipinski definition) is 3. The number of aliphatic hydroxyl groups is 1. The van der Waals surface area contributed by atoms with Gasteiger partial charge in [-0.25, -0.2) is 0 Å². The number of benzene rings is 1. The third-order valence-electron chi connectivity index (χ3n) is 2.99. The average Bonchev–Trinajstić information content (AvgIpc) is 2.95. The lowest BCUT2D eigenvalue weighted by atomic mass is 10.1. The summed E-state index contributed by atoms with van der Waals surface area (Å²) in [7, 11) is 0. The largest absolute Gasteiger partial charge is 0.469 e. The van der Waals surface area contributed by atoms with Crippen molar-refractivity contribution in [2.45, 2.75) is 18.9 Å². The minimum absolute atomic E-state index is 0.0956. The first-order valence-corrected chi connectivity index (χ1v) is 7.24. The SMILES string of the molecule is O=C(CCc1ccco1)NCC(O)c1ccc(Cl)cc1Cl. The van der Waals surface area contributed by atoms with Crippen LogP contribution in [0, 0.1) is 0 Å². The van der Waals surface area contributed by atoms with E-state index in [0.717, 1.165) is 5.76 Å². The van der Waals surface area contributed by atoms with Gasteiger partial charge in [0.05, 0.1) is 12.4 Å². The summed E-state index contributed by atoms with van der Waals surface area (Å²) in [6.07, 6.45) is 1.52. The number of halogens is 2. The van der Waals surface area contributed by atoms with E-state index < -0.39 is 6.10 Å². The molecule has 1 atom stereocenters. The zero-order chi connectivity index (χ0) is 15.2. The summed E-state index contributed by atoms with van der Waals surface area (Å²) in [4.78, 5) is 11.7. The summed E-state index contributed by atoms with van der Waals surface area (Å²) in [5.74, 6) is 0.599. The Labute approximate surface area is 132 Å². The van der Waals surface area contributed by atoms with Crippen molar-refractivity contribution in [1.29, 1.82) is 0 Å². The summed E-state index contributed by atoms with van der Waals surface area (Å²) in [5.41, 5.74) is 0.535. The molecule has 2 rings (SSSR count). The predicted octanol–water partition coefficient (Wildman–Crippen LogP) is 3.37. The van der Waals surface area contributed by atoms with Gasteiger partial charge in [-0.1, -0.05) is 29.3 Å². The highest BCUT2D eigenvalue weighted by atomic mass is 35.5. The number of aryl methyl sites for hydroxylation is 1. The average molecular weight is 328 g/mol. The molecule has 0 saturated carbocycles. The van der Waals surface area contributed by atoms with E-state index in [1.54, 1.807) is 30.5 Å². The molecule has 21 heavy (non-hydrogen) atoms. The van der Waals surface area contributed by atoms with Crippen LogP contribution in [0.15, 0.2) is 41.0 Å². The molecule has 0 radical (unpaired) electrons. The molecule has 1 unspecified atom stereocenters. The van der Waals surface area contributed by atoms with Crippen molar-refractivity contribution in [3.05, 3.63) is 58.0 Å². The molecule has 1 amide bonds. The van der Waals surface area contributed by atoms with Crippen LogP contribution in [0.3, 0.4) is 0 Å². The molecule has 0 fully saturated rings. The maximum atomic E-state index is 11.7. The normalized spacial score (nSPS) is 12.1. The van der Waals surface area contributed by atoms with Gasteiger partial charge in [0.1, 0.15) is 5.76 Å². The molecule has 1 aromatic carbocycles. The number of carbonyl (C=O) groups excluding carboxylic acids is 1. The van der Waals surface area contributed by atoms with E-state index in [9.17, 15) is 9.90 Å². The van der Waals surface area contributed by atoms with E-state index >= 15 is 0 Å². The van der Waals surface area contributed by atoms with E-state index in [2.05, 4.69) is 5.32 Å². The fraction of sp³-hybridized carbons (Fsp3) is 0.267. The third-order valence-corrected chi connectivity index (χ3v) is 3.56. The van der Waals surface area contributed by atoms with Crippen molar-refractivity contribution >= 4 is 29.1 Å². The molecule has 0 saturated heterocycles. The summed E-state index contributed by atoms with van der Waals surface area (Å²) >= 11 is 11.8. The zero-order valence-electron chi connectivity index (χ0n) is 11.2. The van der Waals surface area contributed by atoms with E-state index in [-0.39, 0.29) is 12.5 Å². The van der Waals surface area contributed by atoms with E-state index in [1.807, 2.05) is 6.07 Å². The second-order valence-corrected chi connectivity index (χ2v) is 5.41. The molecule has 0 bridgehead atoms. The molecule has 6 heteroatoms. The number of nitrogens with one attached hydrogen (secondary N) is 1. The van der Waals surface area contributed by atoms with Crippen LogP contribution in [-0.4, -0.2) is 17.6 Å². The van der Waals surface area contributed by atoms with Crippen LogP contribution in [0.25, 0.3) is 0 Å². The monoisotopic (exact) mass is 327 g/mol. The molecule has 2 N–H and O–H groups in total. The van der Waals surface area contributed by atoms with Gasteiger partial charge in [0.2, 0.25) is 5.91 Å². The van der Waals surface area contributed by atoms with Gasteiger partial charge in [-0.3, -0.25) is 4.79 Å². The van der Waals surface area contributed by atoms with Crippen LogP contribution in [0.1, 0.15) is 23.8 Å². The fourth-order valence-corrected chi connectivity index (χ4v) is 2.41. The first-order chi connectivity index (χ1) is 10.1. The summed E-state index contributed by atoms with van der Waals surface area (Å²) < 4.78 is 5.15. The molecule has 0 aliphatic rings. The van der Waals surface area contributed by atoms with Crippen molar-refractivity contribution in [2.75, 3.05) is 6.54 Å². The Morgan fingerprint density at radius 3 is 2.81 bits per heavy atom. The van der Waals surface area contributed by atoms with Gasteiger partial charge in [0.15, 0.2) is 0 Å². The maximum absolute atomic E-state index is 11.7. The molecule has 4 nitrogen and oxygen atoms in total. The lowest BCUT2D eigenvalue weighted by Crippen LogP contribution is -2.28. The molecule has 0 spiro atoms. The van der Waals surface area contributed by atoms with Crippen LogP contribution in [-0.2, 0) is 11.2 Å². The van der Waals surface area contributed by atoms with Gasteiger partial charge in [0.25, 0.3) is 0 Å². The molecule has 2 aromatic rings.